The van der Waals surface area contributed by atoms with Crippen molar-refractivity contribution in [1.82, 2.24) is 9.71 Å². The molecule has 32 heavy (non-hydrogen) atoms. The van der Waals surface area contributed by atoms with Crippen molar-refractivity contribution in [2.75, 3.05) is 6.54 Å². The van der Waals surface area contributed by atoms with Gasteiger partial charge in [0, 0.05) is 18.9 Å². The predicted molar refractivity (Wildman–Crippen MR) is 121 cm³/mol. The third kappa shape index (κ3) is 5.23. The van der Waals surface area contributed by atoms with Crippen molar-refractivity contribution in [3.05, 3.63) is 89.5 Å². The number of aromatic nitrogens is 1. The molecule has 0 saturated carbocycles. The van der Waals surface area contributed by atoms with E-state index in [1.54, 1.807) is 24.3 Å². The number of hydrogen-bond acceptors (Lipinski definition) is 5. The minimum absolute atomic E-state index is 0.0903. The fourth-order valence-electron chi connectivity index (χ4n) is 3.23. The van der Waals surface area contributed by atoms with E-state index in [0.29, 0.717) is 5.56 Å². The second-order valence-corrected chi connectivity index (χ2v) is 11.7. The summed E-state index contributed by atoms with van der Waals surface area (Å²) in [6.07, 6.45) is 2.91. The first-order chi connectivity index (χ1) is 15.0. The zero-order chi connectivity index (χ0) is 23.5. The van der Waals surface area contributed by atoms with Crippen LogP contribution in [0.15, 0.2) is 76.8 Å². The Kier molecular flexibility index (Phi) is 7.12. The van der Waals surface area contributed by atoms with E-state index in [1.807, 2.05) is 13.8 Å². The molecule has 0 spiro atoms. The van der Waals surface area contributed by atoms with Crippen molar-refractivity contribution in [2.45, 2.75) is 41.7 Å². The Labute approximate surface area is 188 Å². The molecule has 0 radical (unpaired) electrons. The van der Waals surface area contributed by atoms with E-state index in [2.05, 4.69) is 9.71 Å². The molecule has 1 aromatic heterocycles. The van der Waals surface area contributed by atoms with E-state index < -0.39 is 37.5 Å². The maximum Gasteiger partial charge on any atom is 0.240 e. The zero-order valence-corrected chi connectivity index (χ0v) is 19.6. The minimum Gasteiger partial charge on any atom is -0.264 e. The summed E-state index contributed by atoms with van der Waals surface area (Å²) >= 11 is 0. The Balaban J connectivity index is 1.95. The number of sulfone groups is 1. The van der Waals surface area contributed by atoms with Crippen LogP contribution in [0.4, 0.5) is 4.39 Å². The number of hydrogen-bond donors (Lipinski definition) is 1. The van der Waals surface area contributed by atoms with Gasteiger partial charge in [0.2, 0.25) is 10.0 Å². The first-order valence-corrected chi connectivity index (χ1v) is 13.0. The van der Waals surface area contributed by atoms with Crippen molar-refractivity contribution < 1.29 is 21.2 Å². The van der Waals surface area contributed by atoms with Gasteiger partial charge in [0.1, 0.15) is 11.1 Å². The molecule has 2 aromatic carbocycles. The number of nitrogens with one attached hydrogen (secondary N) is 1. The number of pyridine rings is 1. The SMILES string of the molecule is Cc1cc(S(=O)(=O)NCC(c2cccnc2)S(=O)(=O)c2ccc(C(C)C)cc2)ccc1F. The Morgan fingerprint density at radius 1 is 0.938 bits per heavy atom. The number of benzene rings is 2. The third-order valence-electron chi connectivity index (χ3n) is 5.20. The molecule has 1 atom stereocenters. The zero-order valence-electron chi connectivity index (χ0n) is 18.0. The van der Waals surface area contributed by atoms with E-state index in [1.165, 1.54) is 37.5 Å². The smallest absolute Gasteiger partial charge is 0.240 e. The summed E-state index contributed by atoms with van der Waals surface area (Å²) in [5.41, 5.74) is 1.53. The van der Waals surface area contributed by atoms with Crippen molar-refractivity contribution in [3.8, 4) is 0 Å². The standard InChI is InChI=1S/C23H25FN2O4S2/c1-16(2)18-6-8-20(9-7-18)31(27,28)23(19-5-4-12-25-14-19)15-26-32(29,30)21-10-11-22(24)17(3)13-21/h4-14,16,23,26H,15H2,1-3H3. The van der Waals surface area contributed by atoms with Gasteiger partial charge in [-0.3, -0.25) is 4.98 Å². The number of aryl methyl sites for hydroxylation is 1. The summed E-state index contributed by atoms with van der Waals surface area (Å²) in [5.74, 6) is -0.281. The van der Waals surface area contributed by atoms with Crippen LogP contribution < -0.4 is 4.72 Å². The molecule has 3 rings (SSSR count). The summed E-state index contributed by atoms with van der Waals surface area (Å²) in [5, 5.41) is -1.20. The second kappa shape index (κ2) is 9.48. The Morgan fingerprint density at radius 3 is 2.16 bits per heavy atom. The van der Waals surface area contributed by atoms with Crippen LogP contribution in [-0.2, 0) is 19.9 Å². The van der Waals surface area contributed by atoms with Crippen LogP contribution in [0, 0.1) is 12.7 Å². The fourth-order valence-corrected chi connectivity index (χ4v) is 6.11. The normalized spacial score (nSPS) is 13.3. The molecule has 170 valence electrons. The molecule has 0 amide bonds. The van der Waals surface area contributed by atoms with Gasteiger partial charge >= 0.3 is 0 Å². The largest absolute Gasteiger partial charge is 0.264 e. The van der Waals surface area contributed by atoms with Crippen molar-refractivity contribution in [2.24, 2.45) is 0 Å². The molecule has 0 aliphatic carbocycles. The molecule has 9 heteroatoms. The average Bonchev–Trinajstić information content (AvgIpc) is 2.76. The maximum atomic E-state index is 13.5. The highest BCUT2D eigenvalue weighted by molar-refractivity contribution is 7.92. The Bertz CT molecular complexity index is 1290. The van der Waals surface area contributed by atoms with E-state index in [0.717, 1.165) is 17.7 Å². The highest BCUT2D eigenvalue weighted by Gasteiger charge is 2.31. The molecule has 6 nitrogen and oxygen atoms in total. The molecule has 1 unspecified atom stereocenters. The van der Waals surface area contributed by atoms with Crippen LogP contribution >= 0.6 is 0 Å². The van der Waals surface area contributed by atoms with Gasteiger partial charge in [-0.25, -0.2) is 25.9 Å². The fraction of sp³-hybridized carbons (Fsp3) is 0.261. The van der Waals surface area contributed by atoms with Crippen LogP contribution in [0.5, 0.6) is 0 Å². The van der Waals surface area contributed by atoms with E-state index in [-0.39, 0.29) is 21.3 Å². The molecule has 0 saturated heterocycles. The summed E-state index contributed by atoms with van der Waals surface area (Å²) < 4.78 is 68.4. The van der Waals surface area contributed by atoms with Gasteiger partial charge in [-0.15, -0.1) is 0 Å². The number of sulfonamides is 1. The average molecular weight is 477 g/mol. The summed E-state index contributed by atoms with van der Waals surface area (Å²) in [6, 6.07) is 13.2. The van der Waals surface area contributed by atoms with Gasteiger partial charge in [-0.2, -0.15) is 0 Å². The van der Waals surface area contributed by atoms with Crippen LogP contribution in [-0.4, -0.2) is 28.4 Å². The van der Waals surface area contributed by atoms with Crippen molar-refractivity contribution >= 4 is 19.9 Å². The number of halogens is 1. The van der Waals surface area contributed by atoms with E-state index in [9.17, 15) is 21.2 Å². The van der Waals surface area contributed by atoms with Crippen molar-refractivity contribution in [1.29, 1.82) is 0 Å². The quantitative estimate of drug-likeness (QED) is 0.527. The first-order valence-electron chi connectivity index (χ1n) is 10.0. The Hall–Kier alpha value is -2.62. The van der Waals surface area contributed by atoms with Gasteiger partial charge in [-0.1, -0.05) is 32.0 Å². The molecular formula is C23H25FN2O4S2. The van der Waals surface area contributed by atoms with Gasteiger partial charge in [0.05, 0.1) is 9.79 Å². The molecule has 1 N–H and O–H groups in total. The lowest BCUT2D eigenvalue weighted by atomic mass is 10.0. The molecular weight excluding hydrogens is 451 g/mol. The lowest BCUT2D eigenvalue weighted by molar-refractivity contribution is 0.568. The molecule has 0 fully saturated rings. The van der Waals surface area contributed by atoms with Gasteiger partial charge in [-0.05, 0) is 65.9 Å². The minimum atomic E-state index is -4.06. The highest BCUT2D eigenvalue weighted by atomic mass is 32.2. The number of rotatable bonds is 8. The topological polar surface area (TPSA) is 93.2 Å². The molecule has 1 heterocycles. The van der Waals surface area contributed by atoms with E-state index in [4.69, 9.17) is 0 Å². The van der Waals surface area contributed by atoms with Crippen LogP contribution in [0.1, 0.15) is 41.7 Å². The van der Waals surface area contributed by atoms with Crippen molar-refractivity contribution in [3.63, 3.8) is 0 Å². The van der Waals surface area contributed by atoms with Crippen LogP contribution in [0.3, 0.4) is 0 Å². The summed E-state index contributed by atoms with van der Waals surface area (Å²) in [4.78, 5) is 3.94. The molecule has 0 aliphatic rings. The molecule has 0 aliphatic heterocycles. The third-order valence-corrected chi connectivity index (χ3v) is 8.74. The second-order valence-electron chi connectivity index (χ2n) is 7.81. The summed E-state index contributed by atoms with van der Waals surface area (Å²) in [6.45, 7) is 5.07. The lowest BCUT2D eigenvalue weighted by Crippen LogP contribution is -2.32. The Morgan fingerprint density at radius 2 is 1.59 bits per heavy atom. The maximum absolute atomic E-state index is 13.5. The molecule has 0 bridgehead atoms. The lowest BCUT2D eigenvalue weighted by Gasteiger charge is -2.19. The van der Waals surface area contributed by atoms with Crippen LogP contribution in [0.2, 0.25) is 0 Å². The summed E-state index contributed by atoms with van der Waals surface area (Å²) in [7, 11) is -8.01. The van der Waals surface area contributed by atoms with Crippen LogP contribution in [0.25, 0.3) is 0 Å². The monoisotopic (exact) mass is 476 g/mol. The predicted octanol–water partition coefficient (Wildman–Crippen LogP) is 4.15. The highest BCUT2D eigenvalue weighted by Crippen LogP contribution is 2.29. The van der Waals surface area contributed by atoms with E-state index >= 15 is 0 Å². The number of nitrogens with zero attached hydrogens (tertiary/aromatic N) is 1. The molecule has 3 aromatic rings. The first kappa shape index (κ1) is 24.0. The van der Waals surface area contributed by atoms with Gasteiger partial charge in [0.25, 0.3) is 0 Å². The van der Waals surface area contributed by atoms with Gasteiger partial charge in [0.15, 0.2) is 9.84 Å². The van der Waals surface area contributed by atoms with Gasteiger partial charge < -0.3 is 0 Å².